The Labute approximate surface area is 71.8 Å². The van der Waals surface area contributed by atoms with Crippen molar-refractivity contribution >= 4 is 9.04 Å². The van der Waals surface area contributed by atoms with Gasteiger partial charge in [0.05, 0.1) is 0 Å². The number of hydrogen-bond donors (Lipinski definition) is 1. The van der Waals surface area contributed by atoms with Crippen molar-refractivity contribution in [2.24, 2.45) is 5.73 Å². The first-order valence-corrected chi connectivity index (χ1v) is 6.68. The number of hydrogen-bond acceptors (Lipinski definition) is 2. The van der Waals surface area contributed by atoms with Crippen LogP contribution in [0.1, 0.15) is 26.2 Å². The van der Waals surface area contributed by atoms with Gasteiger partial charge in [0, 0.05) is 7.11 Å². The van der Waals surface area contributed by atoms with Crippen LogP contribution in [0, 0.1) is 0 Å². The molecule has 0 fully saturated rings. The molecule has 0 rings (SSSR count). The van der Waals surface area contributed by atoms with E-state index in [1.807, 2.05) is 7.11 Å². The maximum absolute atomic E-state index is 5.44. The predicted molar refractivity (Wildman–Crippen MR) is 52.4 cm³/mol. The monoisotopic (exact) mass is 175 g/mol. The Morgan fingerprint density at radius 2 is 1.91 bits per heavy atom. The maximum Gasteiger partial charge on any atom is 0.176 e. The van der Waals surface area contributed by atoms with E-state index >= 15 is 0 Å². The zero-order valence-electron chi connectivity index (χ0n) is 7.81. The topological polar surface area (TPSA) is 35.2 Å². The van der Waals surface area contributed by atoms with Gasteiger partial charge in [0.1, 0.15) is 0 Å². The molecule has 1 atom stereocenters. The van der Waals surface area contributed by atoms with E-state index in [1.165, 1.54) is 24.9 Å². The Morgan fingerprint density at radius 3 is 2.36 bits per heavy atom. The molecule has 0 radical (unpaired) electrons. The number of rotatable bonds is 7. The van der Waals surface area contributed by atoms with Gasteiger partial charge in [-0.25, -0.2) is 0 Å². The molecule has 0 saturated carbocycles. The van der Waals surface area contributed by atoms with Crippen molar-refractivity contribution in [2.75, 3.05) is 13.7 Å². The summed E-state index contributed by atoms with van der Waals surface area (Å²) in [6.07, 6.45) is 3.76. The van der Waals surface area contributed by atoms with Crippen LogP contribution >= 0.6 is 0 Å². The lowest BCUT2D eigenvalue weighted by molar-refractivity contribution is 0.414. The summed E-state index contributed by atoms with van der Waals surface area (Å²) >= 11 is 0. The Morgan fingerprint density at radius 1 is 1.27 bits per heavy atom. The van der Waals surface area contributed by atoms with Gasteiger partial charge in [0.25, 0.3) is 0 Å². The van der Waals surface area contributed by atoms with Gasteiger partial charge in [0.15, 0.2) is 9.04 Å². The normalized spacial score (nSPS) is 13.4. The molecule has 0 saturated heterocycles. The average molecular weight is 175 g/mol. The fourth-order valence-corrected chi connectivity index (χ4v) is 3.47. The zero-order valence-corrected chi connectivity index (χ0v) is 8.96. The molecule has 68 valence electrons. The zero-order chi connectivity index (χ0) is 8.53. The molecule has 0 bridgehead atoms. The van der Waals surface area contributed by atoms with Crippen LogP contribution in [0.25, 0.3) is 0 Å². The van der Waals surface area contributed by atoms with Gasteiger partial charge >= 0.3 is 0 Å². The van der Waals surface area contributed by atoms with Crippen LogP contribution in [-0.2, 0) is 4.43 Å². The average Bonchev–Trinajstić information content (AvgIpc) is 2.05. The molecule has 0 aliphatic heterocycles. The number of nitrogens with two attached hydrogens (primary N) is 1. The molecule has 2 N–H and O–H groups in total. The summed E-state index contributed by atoms with van der Waals surface area (Å²) < 4.78 is 5.44. The van der Waals surface area contributed by atoms with Crippen molar-refractivity contribution in [3.05, 3.63) is 0 Å². The molecule has 0 aromatic carbocycles. The van der Waals surface area contributed by atoms with Crippen molar-refractivity contribution in [1.82, 2.24) is 0 Å². The Hall–Kier alpha value is 0.137. The van der Waals surface area contributed by atoms with E-state index in [9.17, 15) is 0 Å². The summed E-state index contributed by atoms with van der Waals surface area (Å²) in [5.41, 5.74) is 5.43. The SMILES string of the molecule is CCCC[SiH](CCCN)OC. The highest BCUT2D eigenvalue weighted by molar-refractivity contribution is 6.51. The molecule has 0 amide bonds. The summed E-state index contributed by atoms with van der Waals surface area (Å²) in [6, 6.07) is 2.58. The molecular formula is C8H21NOSi. The summed E-state index contributed by atoms with van der Waals surface area (Å²) in [5, 5.41) is 0. The smallest absolute Gasteiger partial charge is 0.176 e. The minimum absolute atomic E-state index is 0.818. The summed E-state index contributed by atoms with van der Waals surface area (Å²) in [4.78, 5) is 0. The van der Waals surface area contributed by atoms with E-state index in [2.05, 4.69) is 6.92 Å². The quantitative estimate of drug-likeness (QED) is 0.595. The van der Waals surface area contributed by atoms with Gasteiger partial charge in [0.2, 0.25) is 0 Å². The Bertz CT molecular complexity index is 72.5. The van der Waals surface area contributed by atoms with Crippen molar-refractivity contribution in [1.29, 1.82) is 0 Å². The summed E-state index contributed by atoms with van der Waals surface area (Å²) in [5.74, 6) is 0. The number of unbranched alkanes of at least 4 members (excludes halogenated alkanes) is 1. The van der Waals surface area contributed by atoms with Crippen LogP contribution in [0.2, 0.25) is 12.1 Å². The molecular weight excluding hydrogens is 154 g/mol. The third-order valence-corrected chi connectivity index (χ3v) is 4.71. The van der Waals surface area contributed by atoms with Gasteiger partial charge in [-0.3, -0.25) is 0 Å². The third kappa shape index (κ3) is 6.53. The van der Waals surface area contributed by atoms with Crippen molar-refractivity contribution in [3.8, 4) is 0 Å². The first-order valence-electron chi connectivity index (χ1n) is 4.58. The van der Waals surface area contributed by atoms with E-state index < -0.39 is 9.04 Å². The standard InChI is InChI=1S/C8H21NOSi/c1-3-4-7-11(10-2)8-5-6-9/h11H,3-9H2,1-2H3. The van der Waals surface area contributed by atoms with Gasteiger partial charge in [-0.2, -0.15) is 0 Å². The fourth-order valence-electron chi connectivity index (χ4n) is 1.16. The van der Waals surface area contributed by atoms with Crippen LogP contribution < -0.4 is 5.73 Å². The molecule has 0 heterocycles. The van der Waals surface area contributed by atoms with Crippen LogP contribution in [0.15, 0.2) is 0 Å². The molecule has 1 unspecified atom stereocenters. The van der Waals surface area contributed by atoms with E-state index in [4.69, 9.17) is 10.2 Å². The molecule has 3 heteroatoms. The molecule has 0 aromatic heterocycles. The highest BCUT2D eigenvalue weighted by Gasteiger charge is 2.07. The second-order valence-corrected chi connectivity index (χ2v) is 5.80. The lowest BCUT2D eigenvalue weighted by Crippen LogP contribution is -2.16. The molecule has 0 spiro atoms. The predicted octanol–water partition coefficient (Wildman–Crippen LogP) is 1.51. The highest BCUT2D eigenvalue weighted by Crippen LogP contribution is 2.07. The first-order chi connectivity index (χ1) is 5.35. The largest absolute Gasteiger partial charge is 0.423 e. The van der Waals surface area contributed by atoms with E-state index in [-0.39, 0.29) is 0 Å². The summed E-state index contributed by atoms with van der Waals surface area (Å²) in [6.45, 7) is 3.04. The van der Waals surface area contributed by atoms with Crippen molar-refractivity contribution in [3.63, 3.8) is 0 Å². The minimum Gasteiger partial charge on any atom is -0.423 e. The molecule has 0 aliphatic rings. The molecule has 0 aromatic rings. The molecule has 0 aliphatic carbocycles. The van der Waals surface area contributed by atoms with E-state index in [0.717, 1.165) is 13.0 Å². The van der Waals surface area contributed by atoms with E-state index in [1.54, 1.807) is 0 Å². The van der Waals surface area contributed by atoms with Crippen LogP contribution in [0.5, 0.6) is 0 Å². The van der Waals surface area contributed by atoms with Crippen molar-refractivity contribution in [2.45, 2.75) is 38.3 Å². The van der Waals surface area contributed by atoms with Gasteiger partial charge in [-0.05, 0) is 25.1 Å². The minimum atomic E-state index is -0.828. The maximum atomic E-state index is 5.44. The van der Waals surface area contributed by atoms with Crippen LogP contribution in [-0.4, -0.2) is 22.7 Å². The Kier molecular flexibility index (Phi) is 8.34. The van der Waals surface area contributed by atoms with Gasteiger partial charge in [-0.15, -0.1) is 0 Å². The Balaban J connectivity index is 3.25. The van der Waals surface area contributed by atoms with Gasteiger partial charge < -0.3 is 10.2 Å². The highest BCUT2D eigenvalue weighted by atomic mass is 28.3. The lowest BCUT2D eigenvalue weighted by Gasteiger charge is -2.11. The second kappa shape index (κ2) is 8.24. The fraction of sp³-hybridized carbons (Fsp3) is 1.00. The first kappa shape index (κ1) is 11.1. The van der Waals surface area contributed by atoms with Crippen LogP contribution in [0.4, 0.5) is 0 Å². The van der Waals surface area contributed by atoms with Crippen molar-refractivity contribution < 1.29 is 4.43 Å². The molecule has 2 nitrogen and oxygen atoms in total. The van der Waals surface area contributed by atoms with Crippen LogP contribution in [0.3, 0.4) is 0 Å². The third-order valence-electron chi connectivity index (χ3n) is 1.94. The van der Waals surface area contributed by atoms with Gasteiger partial charge in [-0.1, -0.05) is 19.8 Å². The lowest BCUT2D eigenvalue weighted by atomic mass is 10.4. The molecule has 11 heavy (non-hydrogen) atoms. The summed E-state index contributed by atoms with van der Waals surface area (Å²) in [7, 11) is 1.02. The second-order valence-electron chi connectivity index (χ2n) is 2.93. The van der Waals surface area contributed by atoms with E-state index in [0.29, 0.717) is 0 Å².